The molecule has 1 saturated heterocycles. The Morgan fingerprint density at radius 3 is 2.44 bits per heavy atom. The van der Waals surface area contributed by atoms with E-state index in [1.54, 1.807) is 38.1 Å². The van der Waals surface area contributed by atoms with E-state index in [0.717, 1.165) is 5.56 Å². The molecular formula is C18H24N2O5. The molecule has 0 radical (unpaired) electrons. The third kappa shape index (κ3) is 4.29. The highest BCUT2D eigenvalue weighted by atomic mass is 16.5. The number of carboxylic acid groups (broad SMARTS) is 1. The van der Waals surface area contributed by atoms with Crippen LogP contribution in [0, 0.1) is 5.92 Å². The van der Waals surface area contributed by atoms with Crippen molar-refractivity contribution in [2.24, 2.45) is 5.92 Å². The number of ether oxygens (including phenoxy) is 1. The average molecular weight is 348 g/mol. The fourth-order valence-corrected chi connectivity index (χ4v) is 2.91. The van der Waals surface area contributed by atoms with E-state index in [1.807, 2.05) is 0 Å². The first kappa shape index (κ1) is 18.8. The van der Waals surface area contributed by atoms with Crippen LogP contribution in [0.5, 0.6) is 0 Å². The van der Waals surface area contributed by atoms with Crippen LogP contribution in [0.25, 0.3) is 0 Å². The van der Waals surface area contributed by atoms with E-state index >= 15 is 0 Å². The first-order valence-corrected chi connectivity index (χ1v) is 8.23. The van der Waals surface area contributed by atoms with Gasteiger partial charge in [-0.2, -0.15) is 0 Å². The fraction of sp³-hybridized carbons (Fsp3) is 0.500. The predicted octanol–water partition coefficient (Wildman–Crippen LogP) is 2.47. The first-order valence-electron chi connectivity index (χ1n) is 8.23. The topological polar surface area (TPSA) is 95.9 Å². The maximum absolute atomic E-state index is 12.3. The van der Waals surface area contributed by atoms with Crippen LogP contribution < -0.4 is 5.32 Å². The normalized spacial score (nSPS) is 17.7. The Hall–Kier alpha value is -2.57. The van der Waals surface area contributed by atoms with E-state index in [2.05, 4.69) is 5.32 Å². The lowest BCUT2D eigenvalue weighted by atomic mass is 9.85. The van der Waals surface area contributed by atoms with Crippen LogP contribution in [0.2, 0.25) is 0 Å². The minimum absolute atomic E-state index is 0.217. The van der Waals surface area contributed by atoms with Crippen molar-refractivity contribution >= 4 is 23.7 Å². The van der Waals surface area contributed by atoms with Crippen LogP contribution in [0.3, 0.4) is 0 Å². The van der Waals surface area contributed by atoms with Gasteiger partial charge >= 0.3 is 18.0 Å². The third-order valence-electron chi connectivity index (χ3n) is 4.61. The van der Waals surface area contributed by atoms with E-state index in [1.165, 1.54) is 12.0 Å². The molecule has 2 rings (SSSR count). The van der Waals surface area contributed by atoms with Gasteiger partial charge in [0.15, 0.2) is 0 Å². The molecule has 1 aliphatic heterocycles. The zero-order chi connectivity index (χ0) is 18.6. The lowest BCUT2D eigenvalue weighted by Crippen LogP contribution is -2.44. The van der Waals surface area contributed by atoms with Crippen molar-refractivity contribution in [3.05, 3.63) is 29.8 Å². The van der Waals surface area contributed by atoms with Crippen molar-refractivity contribution in [1.82, 2.24) is 4.90 Å². The molecule has 1 atom stereocenters. The lowest BCUT2D eigenvalue weighted by Gasteiger charge is -2.30. The molecule has 1 fully saturated rings. The van der Waals surface area contributed by atoms with Crippen LogP contribution in [-0.4, -0.2) is 48.2 Å². The number of carboxylic acids is 1. The summed E-state index contributed by atoms with van der Waals surface area (Å²) >= 11 is 0. The smallest absolute Gasteiger partial charge is 0.321 e. The van der Waals surface area contributed by atoms with Crippen molar-refractivity contribution in [3.63, 3.8) is 0 Å². The molecule has 0 aromatic heterocycles. The number of piperidine rings is 1. The van der Waals surface area contributed by atoms with Gasteiger partial charge in [0.2, 0.25) is 0 Å². The molecule has 2 amide bonds. The number of hydrogen-bond donors (Lipinski definition) is 2. The molecule has 7 heteroatoms. The van der Waals surface area contributed by atoms with E-state index in [9.17, 15) is 14.4 Å². The van der Waals surface area contributed by atoms with Gasteiger partial charge in [-0.3, -0.25) is 9.59 Å². The maximum atomic E-state index is 12.3. The molecule has 1 aromatic rings. The van der Waals surface area contributed by atoms with Crippen molar-refractivity contribution < 1.29 is 24.2 Å². The van der Waals surface area contributed by atoms with Gasteiger partial charge in [-0.15, -0.1) is 0 Å². The molecule has 0 aliphatic carbocycles. The average Bonchev–Trinajstić information content (AvgIpc) is 2.61. The first-order chi connectivity index (χ1) is 11.8. The standard InChI is InChI=1S/C18H24N2O5/c1-18(2,16(23)25-3)13-6-8-14(9-7-13)19-17(24)20-10-4-5-12(11-20)15(21)22/h6-9,12H,4-5,10-11H2,1-3H3,(H,19,24)(H,21,22). The lowest BCUT2D eigenvalue weighted by molar-refractivity contribution is -0.146. The number of carbonyl (C=O) groups excluding carboxylic acids is 2. The number of likely N-dealkylation sites (tertiary alicyclic amines) is 1. The minimum Gasteiger partial charge on any atom is -0.481 e. The number of esters is 1. The molecule has 1 heterocycles. The number of benzene rings is 1. The van der Waals surface area contributed by atoms with Gasteiger partial charge in [-0.25, -0.2) is 4.79 Å². The number of aliphatic carboxylic acids is 1. The zero-order valence-corrected chi connectivity index (χ0v) is 14.7. The van der Waals surface area contributed by atoms with E-state index < -0.39 is 17.3 Å². The van der Waals surface area contributed by atoms with Crippen molar-refractivity contribution in [2.45, 2.75) is 32.1 Å². The molecule has 25 heavy (non-hydrogen) atoms. The number of methoxy groups -OCH3 is 1. The molecule has 7 nitrogen and oxygen atoms in total. The number of rotatable bonds is 4. The quantitative estimate of drug-likeness (QED) is 0.815. The van der Waals surface area contributed by atoms with E-state index in [-0.39, 0.29) is 18.5 Å². The summed E-state index contributed by atoms with van der Waals surface area (Å²) in [5.41, 5.74) is 0.590. The summed E-state index contributed by atoms with van der Waals surface area (Å²) in [7, 11) is 1.35. The number of anilines is 1. The molecule has 1 aliphatic rings. The van der Waals surface area contributed by atoms with Gasteiger partial charge in [0.25, 0.3) is 0 Å². The molecule has 1 aromatic carbocycles. The summed E-state index contributed by atoms with van der Waals surface area (Å²) in [4.78, 5) is 36.8. The number of amides is 2. The highest BCUT2D eigenvalue weighted by Gasteiger charge is 2.31. The summed E-state index contributed by atoms with van der Waals surface area (Å²) < 4.78 is 4.81. The Morgan fingerprint density at radius 2 is 1.88 bits per heavy atom. The zero-order valence-electron chi connectivity index (χ0n) is 14.7. The SMILES string of the molecule is COC(=O)C(C)(C)c1ccc(NC(=O)N2CCCC(C(=O)O)C2)cc1. The van der Waals surface area contributed by atoms with Gasteiger partial charge in [-0.1, -0.05) is 12.1 Å². The van der Waals surface area contributed by atoms with Crippen molar-refractivity contribution in [2.75, 3.05) is 25.5 Å². The van der Waals surface area contributed by atoms with Gasteiger partial charge < -0.3 is 20.1 Å². The van der Waals surface area contributed by atoms with Crippen LogP contribution in [-0.2, 0) is 19.7 Å². The number of carbonyl (C=O) groups is 3. The summed E-state index contributed by atoms with van der Waals surface area (Å²) in [6.07, 6.45) is 1.27. The van der Waals surface area contributed by atoms with Crippen molar-refractivity contribution in [1.29, 1.82) is 0 Å². The number of hydrogen-bond acceptors (Lipinski definition) is 4. The van der Waals surface area contributed by atoms with Gasteiger partial charge in [0, 0.05) is 18.8 Å². The summed E-state index contributed by atoms with van der Waals surface area (Å²) in [5.74, 6) is -1.72. The van der Waals surface area contributed by atoms with Crippen LogP contribution >= 0.6 is 0 Å². The second-order valence-electron chi connectivity index (χ2n) is 6.75. The summed E-state index contributed by atoms with van der Waals surface area (Å²) in [6.45, 7) is 4.30. The Balaban J connectivity index is 2.02. The van der Waals surface area contributed by atoms with Gasteiger partial charge in [0.05, 0.1) is 18.4 Å². The Bertz CT molecular complexity index is 654. The number of nitrogens with one attached hydrogen (secondary N) is 1. The summed E-state index contributed by atoms with van der Waals surface area (Å²) in [6, 6.07) is 6.66. The maximum Gasteiger partial charge on any atom is 0.321 e. The highest BCUT2D eigenvalue weighted by molar-refractivity contribution is 5.90. The molecule has 1 unspecified atom stereocenters. The van der Waals surface area contributed by atoms with Crippen LogP contribution in [0.4, 0.5) is 10.5 Å². The Morgan fingerprint density at radius 1 is 1.24 bits per heavy atom. The van der Waals surface area contributed by atoms with Crippen molar-refractivity contribution in [3.8, 4) is 0 Å². The fourth-order valence-electron chi connectivity index (χ4n) is 2.91. The molecule has 136 valence electrons. The Kier molecular flexibility index (Phi) is 5.66. The van der Waals surface area contributed by atoms with Gasteiger partial charge in [0.1, 0.15) is 0 Å². The van der Waals surface area contributed by atoms with E-state index in [4.69, 9.17) is 9.84 Å². The molecule has 0 saturated carbocycles. The molecule has 0 bridgehead atoms. The molecule has 2 N–H and O–H groups in total. The predicted molar refractivity (Wildman–Crippen MR) is 92.4 cm³/mol. The Labute approximate surface area is 147 Å². The second kappa shape index (κ2) is 7.55. The van der Waals surface area contributed by atoms with Crippen LogP contribution in [0.15, 0.2) is 24.3 Å². The van der Waals surface area contributed by atoms with Crippen LogP contribution in [0.1, 0.15) is 32.3 Å². The second-order valence-corrected chi connectivity index (χ2v) is 6.75. The minimum atomic E-state index is -0.869. The monoisotopic (exact) mass is 348 g/mol. The summed E-state index contributed by atoms with van der Waals surface area (Å²) in [5, 5.41) is 11.9. The highest BCUT2D eigenvalue weighted by Crippen LogP contribution is 2.26. The molecular weight excluding hydrogens is 324 g/mol. The number of urea groups is 1. The van der Waals surface area contributed by atoms with E-state index in [0.29, 0.717) is 25.1 Å². The largest absolute Gasteiger partial charge is 0.481 e. The third-order valence-corrected chi connectivity index (χ3v) is 4.61. The van der Waals surface area contributed by atoms with Gasteiger partial charge in [-0.05, 0) is 44.4 Å². The number of nitrogens with zero attached hydrogens (tertiary/aromatic N) is 1. The molecule has 0 spiro atoms.